The van der Waals surface area contributed by atoms with E-state index in [9.17, 15) is 14.3 Å². The maximum absolute atomic E-state index is 13.7. The molecular weight excluding hydrogens is 319 g/mol. The Balaban J connectivity index is 1.87. The molecule has 0 aliphatic carbocycles. The molecule has 0 aromatic heterocycles. The van der Waals surface area contributed by atoms with E-state index in [4.69, 9.17) is 0 Å². The van der Waals surface area contributed by atoms with Gasteiger partial charge in [0, 0.05) is 32.1 Å². The fourth-order valence-corrected chi connectivity index (χ4v) is 3.41. The lowest BCUT2D eigenvalue weighted by atomic mass is 9.97. The summed E-state index contributed by atoms with van der Waals surface area (Å²) in [4.78, 5) is 13.6. The predicted molar refractivity (Wildman–Crippen MR) is 94.5 cm³/mol. The highest BCUT2D eigenvalue weighted by Gasteiger charge is 2.25. The minimum Gasteiger partial charge on any atom is -0.508 e. The van der Waals surface area contributed by atoms with Crippen LogP contribution >= 0.6 is 0 Å². The van der Waals surface area contributed by atoms with Crippen LogP contribution in [0.15, 0.2) is 42.5 Å². The number of aromatic hydroxyl groups is 1. The number of hydrogen-bond acceptors (Lipinski definition) is 3. The van der Waals surface area contributed by atoms with Crippen molar-refractivity contribution in [1.29, 1.82) is 0 Å². The van der Waals surface area contributed by atoms with Crippen LogP contribution in [0.25, 0.3) is 0 Å². The topological polar surface area (TPSA) is 52.6 Å². The Morgan fingerprint density at radius 3 is 2.84 bits per heavy atom. The SMILES string of the molecule is CC(=O)N1CC[C@@H](N[C@H](C)c2cccc(O)c2)c2ccc(F)cc2C1. The second-order valence-electron chi connectivity index (χ2n) is 6.61. The molecule has 2 aromatic rings. The number of halogens is 1. The van der Waals surface area contributed by atoms with Crippen molar-refractivity contribution in [2.45, 2.75) is 38.9 Å². The Bertz CT molecular complexity index is 778. The number of nitrogens with one attached hydrogen (secondary N) is 1. The van der Waals surface area contributed by atoms with E-state index in [0.717, 1.165) is 23.1 Å². The summed E-state index contributed by atoms with van der Waals surface area (Å²) in [7, 11) is 0. The lowest BCUT2D eigenvalue weighted by Gasteiger charge is -2.24. The summed E-state index contributed by atoms with van der Waals surface area (Å²) in [5, 5.41) is 13.2. The quantitative estimate of drug-likeness (QED) is 0.895. The van der Waals surface area contributed by atoms with E-state index >= 15 is 0 Å². The summed E-state index contributed by atoms with van der Waals surface area (Å²) in [6, 6.07) is 12.0. The largest absolute Gasteiger partial charge is 0.508 e. The average molecular weight is 342 g/mol. The monoisotopic (exact) mass is 342 g/mol. The summed E-state index contributed by atoms with van der Waals surface area (Å²) >= 11 is 0. The smallest absolute Gasteiger partial charge is 0.219 e. The zero-order chi connectivity index (χ0) is 18.0. The van der Waals surface area contributed by atoms with Crippen molar-refractivity contribution in [3.63, 3.8) is 0 Å². The van der Waals surface area contributed by atoms with Crippen LogP contribution in [0.4, 0.5) is 4.39 Å². The first-order valence-electron chi connectivity index (χ1n) is 8.53. The van der Waals surface area contributed by atoms with Crippen molar-refractivity contribution in [3.05, 3.63) is 65.0 Å². The molecule has 0 radical (unpaired) electrons. The van der Waals surface area contributed by atoms with Crippen LogP contribution < -0.4 is 5.32 Å². The zero-order valence-electron chi connectivity index (χ0n) is 14.5. The Kier molecular flexibility index (Phi) is 5.04. The molecule has 132 valence electrons. The third kappa shape index (κ3) is 3.99. The Morgan fingerprint density at radius 2 is 2.12 bits per heavy atom. The van der Waals surface area contributed by atoms with Crippen LogP contribution in [0.1, 0.15) is 49.0 Å². The van der Waals surface area contributed by atoms with E-state index in [0.29, 0.717) is 13.1 Å². The molecule has 2 atom stereocenters. The fourth-order valence-electron chi connectivity index (χ4n) is 3.41. The number of benzene rings is 2. The molecule has 0 fully saturated rings. The molecule has 0 saturated heterocycles. The van der Waals surface area contributed by atoms with Gasteiger partial charge in [0.2, 0.25) is 5.91 Å². The van der Waals surface area contributed by atoms with Crippen molar-refractivity contribution < 1.29 is 14.3 Å². The standard InChI is InChI=1S/C20H23FN2O2/c1-13(15-4-3-5-18(25)11-15)22-20-8-9-23(14(2)24)12-16-10-17(21)6-7-19(16)20/h3-7,10-11,13,20,22,25H,8-9,12H2,1-2H3/t13-,20-/m1/s1. The zero-order valence-corrected chi connectivity index (χ0v) is 14.5. The molecule has 25 heavy (non-hydrogen) atoms. The Morgan fingerprint density at radius 1 is 1.32 bits per heavy atom. The molecule has 1 heterocycles. The average Bonchev–Trinajstić information content (AvgIpc) is 2.74. The molecule has 1 aliphatic rings. The van der Waals surface area contributed by atoms with Crippen molar-refractivity contribution in [2.24, 2.45) is 0 Å². The maximum atomic E-state index is 13.7. The second-order valence-corrected chi connectivity index (χ2v) is 6.61. The van der Waals surface area contributed by atoms with Crippen molar-refractivity contribution in [1.82, 2.24) is 10.2 Å². The van der Waals surface area contributed by atoms with Gasteiger partial charge in [-0.25, -0.2) is 4.39 Å². The third-order valence-electron chi connectivity index (χ3n) is 4.80. The normalized spacial score (nSPS) is 18.4. The summed E-state index contributed by atoms with van der Waals surface area (Å²) in [5.74, 6) is -0.0573. The summed E-state index contributed by atoms with van der Waals surface area (Å²) < 4.78 is 13.7. The highest BCUT2D eigenvalue weighted by Crippen LogP contribution is 2.30. The minimum atomic E-state index is -0.288. The minimum absolute atomic E-state index is 0.00288. The highest BCUT2D eigenvalue weighted by molar-refractivity contribution is 5.73. The van der Waals surface area contributed by atoms with Gasteiger partial charge in [-0.3, -0.25) is 4.79 Å². The molecule has 1 amide bonds. The van der Waals surface area contributed by atoms with Crippen LogP contribution in [-0.4, -0.2) is 22.5 Å². The number of hydrogen-bond donors (Lipinski definition) is 2. The number of rotatable bonds is 3. The van der Waals surface area contributed by atoms with E-state index in [1.165, 1.54) is 12.1 Å². The molecule has 0 unspecified atom stereocenters. The van der Waals surface area contributed by atoms with E-state index in [1.807, 2.05) is 19.1 Å². The predicted octanol–water partition coefficient (Wildman–Crippen LogP) is 3.68. The first-order valence-corrected chi connectivity index (χ1v) is 8.53. The number of fused-ring (bicyclic) bond motifs is 1. The van der Waals surface area contributed by atoms with Crippen LogP contribution in [0.2, 0.25) is 0 Å². The van der Waals surface area contributed by atoms with E-state index in [-0.39, 0.29) is 29.6 Å². The van der Waals surface area contributed by atoms with Crippen molar-refractivity contribution >= 4 is 5.91 Å². The van der Waals surface area contributed by atoms with E-state index in [2.05, 4.69) is 5.32 Å². The number of nitrogens with zero attached hydrogens (tertiary/aromatic N) is 1. The lowest BCUT2D eigenvalue weighted by molar-refractivity contribution is -0.129. The molecule has 0 saturated carbocycles. The number of carbonyl (C=O) groups excluding carboxylic acids is 1. The second kappa shape index (κ2) is 7.23. The molecule has 1 aliphatic heterocycles. The van der Waals surface area contributed by atoms with Crippen LogP contribution in [0.5, 0.6) is 5.75 Å². The number of carbonyl (C=O) groups is 1. The lowest BCUT2D eigenvalue weighted by Crippen LogP contribution is -2.30. The van der Waals surface area contributed by atoms with Gasteiger partial charge in [-0.15, -0.1) is 0 Å². The molecule has 5 heteroatoms. The van der Waals surface area contributed by atoms with Crippen molar-refractivity contribution in [3.8, 4) is 5.75 Å². The van der Waals surface area contributed by atoms with Crippen LogP contribution in [0, 0.1) is 5.82 Å². The molecule has 0 bridgehead atoms. The van der Waals surface area contributed by atoms with Gasteiger partial charge in [0.05, 0.1) is 0 Å². The number of amides is 1. The molecular formula is C20H23FN2O2. The van der Waals surface area contributed by atoms with Gasteiger partial charge >= 0.3 is 0 Å². The molecule has 2 N–H and O–H groups in total. The third-order valence-corrected chi connectivity index (χ3v) is 4.80. The van der Waals surface area contributed by atoms with Gasteiger partial charge in [0.25, 0.3) is 0 Å². The van der Waals surface area contributed by atoms with Crippen LogP contribution in [-0.2, 0) is 11.3 Å². The number of phenols is 1. The molecule has 0 spiro atoms. The van der Waals surface area contributed by atoms with Crippen LogP contribution in [0.3, 0.4) is 0 Å². The van der Waals surface area contributed by atoms with Gasteiger partial charge < -0.3 is 15.3 Å². The Hall–Kier alpha value is -2.40. The van der Waals surface area contributed by atoms with E-state index in [1.54, 1.807) is 30.0 Å². The maximum Gasteiger partial charge on any atom is 0.219 e. The van der Waals surface area contributed by atoms with Gasteiger partial charge in [0.1, 0.15) is 11.6 Å². The summed E-state index contributed by atoms with van der Waals surface area (Å²) in [6.07, 6.45) is 0.751. The van der Waals surface area contributed by atoms with Gasteiger partial charge in [0.15, 0.2) is 0 Å². The molecule has 2 aromatic carbocycles. The van der Waals surface area contributed by atoms with Crippen molar-refractivity contribution in [2.75, 3.05) is 6.54 Å². The summed E-state index contributed by atoms with van der Waals surface area (Å²) in [6.45, 7) is 4.63. The van der Waals surface area contributed by atoms with E-state index < -0.39 is 0 Å². The first kappa shape index (κ1) is 17.4. The number of phenolic OH excluding ortho intramolecular Hbond substituents is 1. The first-order chi connectivity index (χ1) is 11.9. The molecule has 3 rings (SSSR count). The van der Waals surface area contributed by atoms with Gasteiger partial charge in [-0.05, 0) is 54.3 Å². The fraction of sp³-hybridized carbons (Fsp3) is 0.350. The Labute approximate surface area is 147 Å². The highest BCUT2D eigenvalue weighted by atomic mass is 19.1. The summed E-state index contributed by atoms with van der Waals surface area (Å²) in [5.41, 5.74) is 2.85. The van der Waals surface area contributed by atoms with Gasteiger partial charge in [-0.2, -0.15) is 0 Å². The molecule has 4 nitrogen and oxygen atoms in total. The van der Waals surface area contributed by atoms with Gasteiger partial charge in [-0.1, -0.05) is 18.2 Å².